The number of ether oxygens (including phenoxy) is 2. The van der Waals surface area contributed by atoms with Gasteiger partial charge in [-0.2, -0.15) is 4.98 Å². The first-order valence-electron chi connectivity index (χ1n) is 8.00. The summed E-state index contributed by atoms with van der Waals surface area (Å²) in [5, 5.41) is 0.228. The molecule has 2 heterocycles. The van der Waals surface area contributed by atoms with Crippen LogP contribution < -0.4 is 30.9 Å². The van der Waals surface area contributed by atoms with Crippen LogP contribution in [0.3, 0.4) is 0 Å². The van der Waals surface area contributed by atoms with E-state index in [1.165, 1.54) is 16.8 Å². The molecule has 0 aromatic carbocycles. The molecule has 0 spiro atoms. The number of fused-ring (bicyclic) bond motifs is 1. The number of hydrogen-bond donors (Lipinski definition) is 2. The summed E-state index contributed by atoms with van der Waals surface area (Å²) in [5.41, 5.74) is 5.28. The minimum atomic E-state index is -4.72. The molecule has 2 aromatic heterocycles. The maximum atomic E-state index is 11.9. The summed E-state index contributed by atoms with van der Waals surface area (Å²) in [7, 11) is -9.44. The van der Waals surface area contributed by atoms with E-state index in [0.29, 0.717) is 0 Å². The molecular weight excluding hydrogens is 418 g/mol. The Hall–Kier alpha value is -1.56. The summed E-state index contributed by atoms with van der Waals surface area (Å²) in [4.78, 5) is 61.0. The molecule has 0 aliphatic heterocycles. The Morgan fingerprint density at radius 3 is 2.14 bits per heavy atom. The summed E-state index contributed by atoms with van der Waals surface area (Å²) < 4.78 is 33.3. The van der Waals surface area contributed by atoms with Gasteiger partial charge in [0, 0.05) is 6.20 Å². The molecule has 0 bridgehead atoms. The van der Waals surface area contributed by atoms with Gasteiger partial charge in [0.2, 0.25) is 5.95 Å². The first-order valence-corrected chi connectivity index (χ1v) is 11.5. The van der Waals surface area contributed by atoms with Crippen LogP contribution in [0.4, 0.5) is 5.95 Å². The lowest BCUT2D eigenvalue weighted by atomic mass is 10.3. The van der Waals surface area contributed by atoms with E-state index >= 15 is 0 Å². The molecule has 0 saturated heterocycles. The third-order valence-corrected chi connectivity index (χ3v) is 5.09. The van der Waals surface area contributed by atoms with Gasteiger partial charge in [-0.3, -0.25) is 9.78 Å². The van der Waals surface area contributed by atoms with Gasteiger partial charge in [0.25, 0.3) is 5.56 Å². The van der Waals surface area contributed by atoms with Crippen molar-refractivity contribution in [3.05, 3.63) is 22.6 Å². The van der Waals surface area contributed by atoms with E-state index in [1.807, 2.05) is 0 Å². The fourth-order valence-corrected chi connectivity index (χ4v) is 3.06. The molecule has 2 rings (SSSR count). The third kappa shape index (κ3) is 7.12. The van der Waals surface area contributed by atoms with Crippen LogP contribution >= 0.6 is 15.2 Å². The van der Waals surface area contributed by atoms with Crippen molar-refractivity contribution in [1.29, 1.82) is 0 Å². The van der Waals surface area contributed by atoms with E-state index in [4.69, 9.17) is 15.2 Å². The lowest BCUT2D eigenvalue weighted by molar-refractivity contribution is -0.315. The molecule has 15 heteroatoms. The van der Waals surface area contributed by atoms with Crippen LogP contribution in [0.25, 0.3) is 11.0 Å². The molecule has 0 aliphatic rings. The average molecular weight is 436 g/mol. The normalized spacial score (nSPS) is 12.9. The summed E-state index contributed by atoms with van der Waals surface area (Å²) in [6.07, 6.45) is 0.0999. The molecule has 0 saturated carbocycles. The second-order valence-corrected chi connectivity index (χ2v) is 9.22. The Morgan fingerprint density at radius 1 is 1.11 bits per heavy atom. The second kappa shape index (κ2) is 9.29. The Labute approximate surface area is 158 Å². The number of nitrogens with two attached hydrogens (primary N) is 1. The number of nitrogens with one attached hydrogen (secondary N) is 1. The molecule has 2 aromatic rings. The highest BCUT2D eigenvalue weighted by atomic mass is 31.2. The van der Waals surface area contributed by atoms with Gasteiger partial charge >= 0.3 is 0 Å². The molecule has 158 valence electrons. The van der Waals surface area contributed by atoms with Crippen LogP contribution in [-0.2, 0) is 18.6 Å². The minimum Gasteiger partial charge on any atom is -0.811 e. The van der Waals surface area contributed by atoms with Crippen LogP contribution in [0.5, 0.6) is 0 Å². The number of hydrogen-bond acceptors (Lipinski definition) is 11. The smallest absolute Gasteiger partial charge is 0.261 e. The first-order chi connectivity index (χ1) is 13.0. The first kappa shape index (κ1) is 22.7. The number of aromatic amines is 1. The molecule has 0 atom stereocenters. The van der Waals surface area contributed by atoms with Crippen molar-refractivity contribution in [1.82, 2.24) is 14.5 Å². The van der Waals surface area contributed by atoms with Gasteiger partial charge < -0.3 is 48.5 Å². The summed E-state index contributed by atoms with van der Waals surface area (Å²) in [6, 6.07) is 0.808. The Bertz CT molecular complexity index is 917. The topological polar surface area (TPSA) is 222 Å². The van der Waals surface area contributed by atoms with Crippen LogP contribution in [0.15, 0.2) is 17.1 Å². The maximum absolute atomic E-state index is 11.9. The third-order valence-electron chi connectivity index (χ3n) is 3.63. The number of aromatic nitrogens is 3. The predicted molar refractivity (Wildman–Crippen MR) is 90.4 cm³/mol. The molecule has 0 amide bonds. The Balaban J connectivity index is 2.14. The summed E-state index contributed by atoms with van der Waals surface area (Å²) in [6.45, 7) is -0.978. The number of nitrogens with zero attached hydrogens (tertiary/aromatic N) is 2. The molecule has 28 heavy (non-hydrogen) atoms. The van der Waals surface area contributed by atoms with Crippen molar-refractivity contribution in [2.24, 2.45) is 0 Å². The van der Waals surface area contributed by atoms with Crippen molar-refractivity contribution in [3.8, 4) is 0 Å². The van der Waals surface area contributed by atoms with Crippen molar-refractivity contribution < 1.29 is 38.2 Å². The zero-order valence-electron chi connectivity index (χ0n) is 14.5. The van der Waals surface area contributed by atoms with Crippen LogP contribution in [0, 0.1) is 0 Å². The maximum Gasteiger partial charge on any atom is 0.261 e. The molecule has 0 radical (unpaired) electrons. The van der Waals surface area contributed by atoms with E-state index in [2.05, 4.69) is 9.97 Å². The number of nitrogen functional groups attached to an aromatic ring is 1. The van der Waals surface area contributed by atoms with E-state index in [1.54, 1.807) is 0 Å². The number of anilines is 1. The Kier molecular flexibility index (Phi) is 7.54. The highest BCUT2D eigenvalue weighted by molar-refractivity contribution is 7.49. The van der Waals surface area contributed by atoms with Gasteiger partial charge in [0.05, 0.1) is 37.9 Å². The van der Waals surface area contributed by atoms with Crippen molar-refractivity contribution in [2.75, 3.05) is 44.5 Å². The fraction of sp³-hybridized carbons (Fsp3) is 0.538. The van der Waals surface area contributed by atoms with E-state index < -0.39 is 39.1 Å². The summed E-state index contributed by atoms with van der Waals surface area (Å²) in [5.74, 6) is -0.129. The SMILES string of the molecule is Nc1nc2c(ccn2C(COCCP(=O)([O-])[O-])COCCP(=O)([O-])[O-])c(=O)[nH]1. The van der Waals surface area contributed by atoms with E-state index in [-0.39, 0.29) is 43.4 Å². The van der Waals surface area contributed by atoms with Crippen LogP contribution in [0.1, 0.15) is 6.04 Å². The molecule has 3 N–H and O–H groups in total. The van der Waals surface area contributed by atoms with Gasteiger partial charge in [-0.05, 0) is 18.4 Å². The second-order valence-electron chi connectivity index (χ2n) is 5.88. The molecule has 0 unspecified atom stereocenters. The molecular formula is C13H18N4O9P2-4. The molecule has 13 nitrogen and oxygen atoms in total. The molecule has 0 aliphatic carbocycles. The van der Waals surface area contributed by atoms with E-state index in [9.17, 15) is 33.5 Å². The van der Waals surface area contributed by atoms with Crippen molar-refractivity contribution in [2.45, 2.75) is 6.04 Å². The zero-order valence-corrected chi connectivity index (χ0v) is 16.3. The zero-order chi connectivity index (χ0) is 20.9. The fourth-order valence-electron chi connectivity index (χ4n) is 2.35. The van der Waals surface area contributed by atoms with Crippen molar-refractivity contribution in [3.63, 3.8) is 0 Å². The summed E-state index contributed by atoms with van der Waals surface area (Å²) >= 11 is 0. The number of rotatable bonds is 11. The molecule has 0 fully saturated rings. The van der Waals surface area contributed by atoms with Gasteiger partial charge in [-0.1, -0.05) is 15.2 Å². The highest BCUT2D eigenvalue weighted by Crippen LogP contribution is 2.23. The average Bonchev–Trinajstić information content (AvgIpc) is 2.95. The largest absolute Gasteiger partial charge is 0.811 e. The Morgan fingerprint density at radius 2 is 1.64 bits per heavy atom. The monoisotopic (exact) mass is 436 g/mol. The predicted octanol–water partition coefficient (Wildman–Crippen LogP) is -3.29. The highest BCUT2D eigenvalue weighted by Gasteiger charge is 2.17. The van der Waals surface area contributed by atoms with Crippen molar-refractivity contribution >= 4 is 32.2 Å². The quantitative estimate of drug-likeness (QED) is 0.262. The standard InChI is InChI=1S/C13H22N4O9P2/c14-13-15-11-10(12(18)16-13)1-2-17(11)9(7-25-3-5-27(19,20)21)8-26-4-6-28(22,23)24/h1-2,9H,3-8H2,(H2,19,20,21)(H2,22,23,24)(H3,14,15,16,18)/p-4. The van der Waals surface area contributed by atoms with E-state index in [0.717, 1.165) is 0 Å². The lowest BCUT2D eigenvalue weighted by Gasteiger charge is -2.30. The van der Waals surface area contributed by atoms with Crippen LogP contribution in [-0.4, -0.2) is 53.3 Å². The van der Waals surface area contributed by atoms with Gasteiger partial charge in [0.15, 0.2) is 0 Å². The van der Waals surface area contributed by atoms with Gasteiger partial charge in [-0.15, -0.1) is 0 Å². The minimum absolute atomic E-state index is 0.129. The lowest BCUT2D eigenvalue weighted by Crippen LogP contribution is -2.25. The number of H-pyrrole nitrogens is 1. The van der Waals surface area contributed by atoms with Gasteiger partial charge in [-0.25, -0.2) is 0 Å². The van der Waals surface area contributed by atoms with Crippen LogP contribution in [0.2, 0.25) is 0 Å². The van der Waals surface area contributed by atoms with Gasteiger partial charge in [0.1, 0.15) is 5.65 Å².